The highest BCUT2D eigenvalue weighted by Crippen LogP contribution is 2.30. The number of anilines is 1. The smallest absolute Gasteiger partial charge is 0.297 e. The molecule has 1 heterocycles. The molecule has 96 valence electrons. The third-order valence-corrected chi connectivity index (χ3v) is 2.87. The van der Waals surface area contributed by atoms with Gasteiger partial charge < -0.3 is 19.4 Å². The summed E-state index contributed by atoms with van der Waals surface area (Å²) in [5.74, 6) is 0. The average molecular weight is 239 g/mol. The van der Waals surface area contributed by atoms with Gasteiger partial charge in [0.05, 0.1) is 12.3 Å². The number of aromatic nitrogens is 1. The Bertz CT molecular complexity index is 336. The zero-order valence-corrected chi connectivity index (χ0v) is 10.6. The fourth-order valence-corrected chi connectivity index (χ4v) is 1.77. The van der Waals surface area contributed by atoms with Crippen molar-refractivity contribution >= 4 is 6.01 Å². The Morgan fingerprint density at radius 1 is 1.59 bits per heavy atom. The molecule has 5 heteroatoms. The third-order valence-electron chi connectivity index (χ3n) is 2.87. The van der Waals surface area contributed by atoms with E-state index in [1.165, 1.54) is 12.8 Å². The molecule has 1 fully saturated rings. The zero-order valence-electron chi connectivity index (χ0n) is 10.6. The van der Waals surface area contributed by atoms with Crippen LogP contribution in [0.5, 0.6) is 0 Å². The van der Waals surface area contributed by atoms with E-state index < -0.39 is 0 Å². The fraction of sp³-hybridized carbons (Fsp3) is 0.750. The van der Waals surface area contributed by atoms with Gasteiger partial charge in [-0.2, -0.15) is 4.98 Å². The van der Waals surface area contributed by atoms with Gasteiger partial charge in [0.25, 0.3) is 6.01 Å². The lowest BCUT2D eigenvalue weighted by atomic mass is 10.5. The quantitative estimate of drug-likeness (QED) is 0.743. The van der Waals surface area contributed by atoms with Crippen molar-refractivity contribution in [3.8, 4) is 0 Å². The largest absolute Gasteiger partial charge is 0.432 e. The van der Waals surface area contributed by atoms with Crippen LogP contribution >= 0.6 is 0 Å². The second kappa shape index (κ2) is 6.02. The average Bonchev–Trinajstić information content (AvgIpc) is 3.07. The Labute approximate surface area is 102 Å². The summed E-state index contributed by atoms with van der Waals surface area (Å²) < 4.78 is 10.7. The second-order valence-corrected chi connectivity index (χ2v) is 4.32. The van der Waals surface area contributed by atoms with Crippen LogP contribution in [0, 0.1) is 0 Å². The first-order valence-electron chi connectivity index (χ1n) is 6.25. The van der Waals surface area contributed by atoms with Gasteiger partial charge in [-0.1, -0.05) is 6.92 Å². The SMILES string of the molecule is CCNCc1coc(N(CCOC)C2CC2)n1. The van der Waals surface area contributed by atoms with Crippen molar-refractivity contribution in [3.05, 3.63) is 12.0 Å². The van der Waals surface area contributed by atoms with Gasteiger partial charge in [0, 0.05) is 26.2 Å². The van der Waals surface area contributed by atoms with E-state index in [4.69, 9.17) is 9.15 Å². The van der Waals surface area contributed by atoms with E-state index in [-0.39, 0.29) is 0 Å². The Morgan fingerprint density at radius 3 is 3.06 bits per heavy atom. The molecule has 1 aromatic heterocycles. The van der Waals surface area contributed by atoms with E-state index in [0.717, 1.165) is 31.3 Å². The maximum Gasteiger partial charge on any atom is 0.297 e. The van der Waals surface area contributed by atoms with Gasteiger partial charge in [-0.25, -0.2) is 0 Å². The monoisotopic (exact) mass is 239 g/mol. The van der Waals surface area contributed by atoms with E-state index >= 15 is 0 Å². The van der Waals surface area contributed by atoms with Crippen molar-refractivity contribution in [3.63, 3.8) is 0 Å². The van der Waals surface area contributed by atoms with Crippen molar-refractivity contribution in [1.29, 1.82) is 0 Å². The zero-order chi connectivity index (χ0) is 12.1. The van der Waals surface area contributed by atoms with Crippen LogP contribution in [0.4, 0.5) is 6.01 Å². The molecule has 0 spiro atoms. The maximum atomic E-state index is 5.54. The Kier molecular flexibility index (Phi) is 4.39. The molecule has 1 aliphatic carbocycles. The third kappa shape index (κ3) is 3.44. The van der Waals surface area contributed by atoms with Gasteiger partial charge in [-0.05, 0) is 19.4 Å². The van der Waals surface area contributed by atoms with Crippen molar-refractivity contribution in [1.82, 2.24) is 10.3 Å². The van der Waals surface area contributed by atoms with Crippen LogP contribution in [0.1, 0.15) is 25.5 Å². The van der Waals surface area contributed by atoms with Crippen LogP contribution in [0.25, 0.3) is 0 Å². The summed E-state index contributed by atoms with van der Waals surface area (Å²) in [7, 11) is 1.72. The van der Waals surface area contributed by atoms with Gasteiger partial charge in [-0.15, -0.1) is 0 Å². The molecule has 0 aliphatic heterocycles. The summed E-state index contributed by atoms with van der Waals surface area (Å²) >= 11 is 0. The van der Waals surface area contributed by atoms with Crippen molar-refractivity contribution in [2.75, 3.05) is 31.7 Å². The van der Waals surface area contributed by atoms with Crippen LogP contribution in [-0.4, -0.2) is 37.8 Å². The normalized spacial score (nSPS) is 15.2. The molecule has 0 amide bonds. The Balaban J connectivity index is 1.94. The maximum absolute atomic E-state index is 5.54. The first-order valence-corrected chi connectivity index (χ1v) is 6.25. The highest BCUT2D eigenvalue weighted by molar-refractivity contribution is 5.31. The van der Waals surface area contributed by atoms with E-state index in [0.29, 0.717) is 12.6 Å². The first kappa shape index (κ1) is 12.4. The summed E-state index contributed by atoms with van der Waals surface area (Å²) in [5, 5.41) is 3.24. The fourth-order valence-electron chi connectivity index (χ4n) is 1.77. The standard InChI is InChI=1S/C12H21N3O2/c1-3-13-8-10-9-17-12(14-10)15(6-7-16-2)11-4-5-11/h9,11,13H,3-8H2,1-2H3. The number of ether oxygens (including phenoxy) is 1. The van der Waals surface area contributed by atoms with E-state index in [9.17, 15) is 0 Å². The summed E-state index contributed by atoms with van der Waals surface area (Å²) in [6.45, 7) is 5.35. The molecule has 0 unspecified atom stereocenters. The van der Waals surface area contributed by atoms with Gasteiger partial charge in [0.1, 0.15) is 6.26 Å². The summed E-state index contributed by atoms with van der Waals surface area (Å²) in [6, 6.07) is 1.33. The molecule has 2 rings (SSSR count). The molecule has 5 nitrogen and oxygen atoms in total. The van der Waals surface area contributed by atoms with Crippen LogP contribution in [-0.2, 0) is 11.3 Å². The highest BCUT2D eigenvalue weighted by Gasteiger charge is 2.31. The molecule has 1 aliphatic rings. The minimum atomic E-state index is 0.593. The van der Waals surface area contributed by atoms with Crippen LogP contribution in [0.15, 0.2) is 10.7 Å². The van der Waals surface area contributed by atoms with Crippen molar-refractivity contribution < 1.29 is 9.15 Å². The molecule has 17 heavy (non-hydrogen) atoms. The number of nitrogens with one attached hydrogen (secondary N) is 1. The Hall–Kier alpha value is -1.07. The number of nitrogens with zero attached hydrogens (tertiary/aromatic N) is 2. The molecule has 1 saturated carbocycles. The number of hydrogen-bond donors (Lipinski definition) is 1. The lowest BCUT2D eigenvalue weighted by molar-refractivity contribution is 0.203. The molecule has 0 saturated heterocycles. The molecule has 1 N–H and O–H groups in total. The Morgan fingerprint density at radius 2 is 2.41 bits per heavy atom. The molecule has 0 radical (unpaired) electrons. The minimum absolute atomic E-state index is 0.593. The molecule has 0 bridgehead atoms. The summed E-state index contributed by atoms with van der Waals surface area (Å²) in [4.78, 5) is 6.71. The predicted molar refractivity (Wildman–Crippen MR) is 66.1 cm³/mol. The number of methoxy groups -OCH3 is 1. The van der Waals surface area contributed by atoms with E-state index in [1.54, 1.807) is 13.4 Å². The minimum Gasteiger partial charge on any atom is -0.432 e. The van der Waals surface area contributed by atoms with Gasteiger partial charge >= 0.3 is 0 Å². The molecule has 1 aromatic rings. The van der Waals surface area contributed by atoms with Gasteiger partial charge in [0.2, 0.25) is 0 Å². The lowest BCUT2D eigenvalue weighted by Crippen LogP contribution is -2.29. The van der Waals surface area contributed by atoms with Gasteiger partial charge in [0.15, 0.2) is 0 Å². The predicted octanol–water partition coefficient (Wildman–Crippen LogP) is 1.40. The van der Waals surface area contributed by atoms with Crippen LogP contribution in [0.3, 0.4) is 0 Å². The molecular formula is C12H21N3O2. The van der Waals surface area contributed by atoms with Crippen molar-refractivity contribution in [2.24, 2.45) is 0 Å². The number of rotatable bonds is 8. The second-order valence-electron chi connectivity index (χ2n) is 4.32. The highest BCUT2D eigenvalue weighted by atomic mass is 16.5. The molecule has 0 aromatic carbocycles. The lowest BCUT2D eigenvalue weighted by Gasteiger charge is -2.19. The summed E-state index contributed by atoms with van der Waals surface area (Å²) in [5.41, 5.74) is 0.963. The van der Waals surface area contributed by atoms with E-state index in [1.807, 2.05) is 0 Å². The van der Waals surface area contributed by atoms with E-state index in [2.05, 4.69) is 22.1 Å². The molecule has 0 atom stereocenters. The summed E-state index contributed by atoms with van der Waals surface area (Å²) in [6.07, 6.45) is 4.20. The topological polar surface area (TPSA) is 50.5 Å². The first-order chi connectivity index (χ1) is 8.35. The van der Waals surface area contributed by atoms with Crippen LogP contribution in [0.2, 0.25) is 0 Å². The van der Waals surface area contributed by atoms with Crippen molar-refractivity contribution in [2.45, 2.75) is 32.4 Å². The molecular weight excluding hydrogens is 218 g/mol. The number of hydrogen-bond acceptors (Lipinski definition) is 5. The van der Waals surface area contributed by atoms with Gasteiger partial charge in [-0.3, -0.25) is 0 Å². The number of oxazole rings is 1. The van der Waals surface area contributed by atoms with Crippen LogP contribution < -0.4 is 10.2 Å².